The van der Waals surface area contributed by atoms with Crippen LogP contribution in [0.25, 0.3) is 10.9 Å². The minimum absolute atomic E-state index is 0.453. The van der Waals surface area contributed by atoms with Crippen LogP contribution < -0.4 is 5.32 Å². The Hall–Kier alpha value is -1.03. The highest BCUT2D eigenvalue weighted by molar-refractivity contribution is 6.39. The van der Waals surface area contributed by atoms with Gasteiger partial charge in [0.2, 0.25) is 0 Å². The zero-order chi connectivity index (χ0) is 12.4. The van der Waals surface area contributed by atoms with E-state index in [0.717, 1.165) is 22.3 Å². The molecule has 0 saturated heterocycles. The third-order valence-electron chi connectivity index (χ3n) is 2.44. The molecule has 17 heavy (non-hydrogen) atoms. The van der Waals surface area contributed by atoms with Crippen molar-refractivity contribution < 1.29 is 4.74 Å². The Balaban J connectivity index is 2.73. The average Bonchev–Trinajstić information content (AvgIpc) is 2.27. The molecule has 1 N–H and O–H groups in total. The SMILES string of the molecule is CNc1cc(COC)nc2cc(Cl)cc(Cl)c12. The monoisotopic (exact) mass is 270 g/mol. The van der Waals surface area contributed by atoms with Gasteiger partial charge in [-0.1, -0.05) is 23.2 Å². The summed E-state index contributed by atoms with van der Waals surface area (Å²) < 4.78 is 5.08. The lowest BCUT2D eigenvalue weighted by atomic mass is 10.1. The van der Waals surface area contributed by atoms with E-state index >= 15 is 0 Å². The van der Waals surface area contributed by atoms with E-state index in [2.05, 4.69) is 10.3 Å². The number of halogens is 2. The van der Waals surface area contributed by atoms with E-state index < -0.39 is 0 Å². The van der Waals surface area contributed by atoms with Gasteiger partial charge in [-0.25, -0.2) is 0 Å². The third-order valence-corrected chi connectivity index (χ3v) is 2.96. The zero-order valence-electron chi connectivity index (χ0n) is 9.55. The lowest BCUT2D eigenvalue weighted by Crippen LogP contribution is -1.98. The molecular formula is C12H12Cl2N2O. The molecule has 0 radical (unpaired) electrons. The summed E-state index contributed by atoms with van der Waals surface area (Å²) in [6.45, 7) is 0.453. The number of nitrogens with one attached hydrogen (secondary N) is 1. The highest BCUT2D eigenvalue weighted by Crippen LogP contribution is 2.32. The van der Waals surface area contributed by atoms with Crippen LogP contribution in [0.4, 0.5) is 5.69 Å². The normalized spacial score (nSPS) is 10.8. The van der Waals surface area contributed by atoms with Crippen LogP contribution in [0.3, 0.4) is 0 Å². The van der Waals surface area contributed by atoms with Gasteiger partial charge in [-0.05, 0) is 18.2 Å². The Morgan fingerprint density at radius 1 is 1.29 bits per heavy atom. The highest BCUT2D eigenvalue weighted by Gasteiger charge is 2.09. The first-order chi connectivity index (χ1) is 8.15. The molecule has 3 nitrogen and oxygen atoms in total. The van der Waals surface area contributed by atoms with Crippen molar-refractivity contribution in [3.63, 3.8) is 0 Å². The molecule has 0 bridgehead atoms. The molecule has 0 aliphatic carbocycles. The van der Waals surface area contributed by atoms with Crippen molar-refractivity contribution >= 4 is 39.8 Å². The molecule has 0 amide bonds. The van der Waals surface area contributed by atoms with Gasteiger partial charge in [0.15, 0.2) is 0 Å². The summed E-state index contributed by atoms with van der Waals surface area (Å²) in [6, 6.07) is 5.43. The minimum Gasteiger partial charge on any atom is -0.387 e. The van der Waals surface area contributed by atoms with Gasteiger partial charge in [-0.3, -0.25) is 4.98 Å². The molecule has 2 rings (SSSR count). The van der Waals surface area contributed by atoms with Crippen LogP contribution in [0.15, 0.2) is 18.2 Å². The van der Waals surface area contributed by atoms with Gasteiger partial charge in [-0.15, -0.1) is 0 Å². The summed E-state index contributed by atoms with van der Waals surface area (Å²) in [7, 11) is 3.48. The topological polar surface area (TPSA) is 34.1 Å². The first-order valence-corrected chi connectivity index (χ1v) is 5.86. The van der Waals surface area contributed by atoms with Crippen LogP contribution in [0.1, 0.15) is 5.69 Å². The lowest BCUT2D eigenvalue weighted by molar-refractivity contribution is 0.182. The van der Waals surface area contributed by atoms with Gasteiger partial charge in [0.25, 0.3) is 0 Å². The lowest BCUT2D eigenvalue weighted by Gasteiger charge is -2.10. The van der Waals surface area contributed by atoms with E-state index in [9.17, 15) is 0 Å². The van der Waals surface area contributed by atoms with Crippen LogP contribution >= 0.6 is 23.2 Å². The van der Waals surface area contributed by atoms with Crippen LogP contribution in [0, 0.1) is 0 Å². The van der Waals surface area contributed by atoms with Crippen LogP contribution in [-0.4, -0.2) is 19.1 Å². The number of ether oxygens (including phenoxy) is 1. The first kappa shape index (κ1) is 12.4. The van der Waals surface area contributed by atoms with E-state index in [1.165, 1.54) is 0 Å². The molecule has 0 saturated carbocycles. The first-order valence-electron chi connectivity index (χ1n) is 5.11. The molecule has 0 spiro atoms. The summed E-state index contributed by atoms with van der Waals surface area (Å²) in [5.41, 5.74) is 2.52. The third kappa shape index (κ3) is 2.46. The largest absolute Gasteiger partial charge is 0.387 e. The Morgan fingerprint density at radius 2 is 2.06 bits per heavy atom. The van der Waals surface area contributed by atoms with Crippen LogP contribution in [-0.2, 0) is 11.3 Å². The highest BCUT2D eigenvalue weighted by atomic mass is 35.5. The van der Waals surface area contributed by atoms with Gasteiger partial charge in [0.05, 0.1) is 22.8 Å². The number of nitrogens with zero attached hydrogens (tertiary/aromatic N) is 1. The molecule has 90 valence electrons. The van der Waals surface area contributed by atoms with Crippen molar-refractivity contribution in [1.82, 2.24) is 4.98 Å². The molecule has 0 atom stereocenters. The van der Waals surface area contributed by atoms with Crippen molar-refractivity contribution in [1.29, 1.82) is 0 Å². The van der Waals surface area contributed by atoms with Gasteiger partial charge in [0.1, 0.15) is 0 Å². The van der Waals surface area contributed by atoms with Crippen LogP contribution in [0.2, 0.25) is 10.0 Å². The van der Waals surface area contributed by atoms with Crippen molar-refractivity contribution in [2.75, 3.05) is 19.5 Å². The molecule has 0 unspecified atom stereocenters. The number of hydrogen-bond donors (Lipinski definition) is 1. The Bertz CT molecular complexity index is 558. The number of fused-ring (bicyclic) bond motifs is 1. The summed E-state index contributed by atoms with van der Waals surface area (Å²) in [5, 5.41) is 5.15. The molecule has 0 aliphatic heterocycles. The molecule has 2 aromatic rings. The smallest absolute Gasteiger partial charge is 0.0885 e. The molecule has 0 aliphatic rings. The predicted molar refractivity (Wildman–Crippen MR) is 72.0 cm³/mol. The average molecular weight is 271 g/mol. The maximum atomic E-state index is 6.18. The molecule has 5 heteroatoms. The molecule has 0 fully saturated rings. The van der Waals surface area contributed by atoms with E-state index in [1.54, 1.807) is 19.2 Å². The van der Waals surface area contributed by atoms with Crippen molar-refractivity contribution in [2.24, 2.45) is 0 Å². The zero-order valence-corrected chi connectivity index (χ0v) is 11.1. The predicted octanol–water partition coefficient (Wildman–Crippen LogP) is 3.73. The Kier molecular flexibility index (Phi) is 3.72. The van der Waals surface area contributed by atoms with Gasteiger partial charge in [0, 0.05) is 30.3 Å². The second-order valence-corrected chi connectivity index (χ2v) is 4.47. The molecule has 1 heterocycles. The maximum Gasteiger partial charge on any atom is 0.0885 e. The molecule has 1 aromatic heterocycles. The second kappa shape index (κ2) is 5.08. The van der Waals surface area contributed by atoms with E-state index in [-0.39, 0.29) is 0 Å². The Labute approximate surface area is 110 Å². The van der Waals surface area contributed by atoms with E-state index in [4.69, 9.17) is 27.9 Å². The summed E-state index contributed by atoms with van der Waals surface area (Å²) in [4.78, 5) is 4.46. The number of benzene rings is 1. The van der Waals surface area contributed by atoms with Crippen molar-refractivity contribution in [2.45, 2.75) is 6.61 Å². The second-order valence-electron chi connectivity index (χ2n) is 3.63. The number of aromatic nitrogens is 1. The Morgan fingerprint density at radius 3 is 2.71 bits per heavy atom. The van der Waals surface area contributed by atoms with Crippen molar-refractivity contribution in [3.8, 4) is 0 Å². The van der Waals surface area contributed by atoms with E-state index in [1.807, 2.05) is 13.1 Å². The minimum atomic E-state index is 0.453. The van der Waals surface area contributed by atoms with Gasteiger partial charge >= 0.3 is 0 Å². The summed E-state index contributed by atoms with van der Waals surface area (Å²) in [6.07, 6.45) is 0. The number of rotatable bonds is 3. The maximum absolute atomic E-state index is 6.18. The quantitative estimate of drug-likeness (QED) is 0.923. The fraction of sp³-hybridized carbons (Fsp3) is 0.250. The fourth-order valence-electron chi connectivity index (χ4n) is 1.76. The van der Waals surface area contributed by atoms with Gasteiger partial charge in [-0.2, -0.15) is 0 Å². The fourth-order valence-corrected chi connectivity index (χ4v) is 2.34. The number of pyridine rings is 1. The van der Waals surface area contributed by atoms with Gasteiger partial charge < -0.3 is 10.1 Å². The number of anilines is 1. The molecule has 1 aromatic carbocycles. The standard InChI is InChI=1S/C12H12Cl2N2O/c1-15-10-5-8(6-17-2)16-11-4-7(13)3-9(14)12(10)11/h3-5H,6H2,1-2H3,(H,15,16). The number of hydrogen-bond acceptors (Lipinski definition) is 3. The summed E-state index contributed by atoms with van der Waals surface area (Å²) in [5.74, 6) is 0. The number of methoxy groups -OCH3 is 1. The van der Waals surface area contributed by atoms with Crippen molar-refractivity contribution in [3.05, 3.63) is 33.9 Å². The van der Waals surface area contributed by atoms with E-state index in [0.29, 0.717) is 16.7 Å². The summed E-state index contributed by atoms with van der Waals surface area (Å²) >= 11 is 12.2. The molecular weight excluding hydrogens is 259 g/mol. The van der Waals surface area contributed by atoms with Crippen LogP contribution in [0.5, 0.6) is 0 Å².